The van der Waals surface area contributed by atoms with Gasteiger partial charge in [-0.2, -0.15) is 13.2 Å². The van der Waals surface area contributed by atoms with E-state index in [9.17, 15) is 22.8 Å². The van der Waals surface area contributed by atoms with E-state index in [-0.39, 0.29) is 0 Å². The minimum atomic E-state index is -4.17. The molecule has 4 aromatic rings. The first-order chi connectivity index (χ1) is 19.9. The highest BCUT2D eigenvalue weighted by Crippen LogP contribution is 2.29. The second-order valence-electron chi connectivity index (χ2n) is 10.6. The lowest BCUT2D eigenvalue weighted by atomic mass is 10.0. The van der Waals surface area contributed by atoms with Crippen molar-refractivity contribution < 1.29 is 33.0 Å². The first-order valence-electron chi connectivity index (χ1n) is 14.3. The third-order valence-corrected chi connectivity index (χ3v) is 6.96. The number of carboxylic acids is 2. The zero-order valence-corrected chi connectivity index (χ0v) is 24.5. The molecule has 0 aliphatic carbocycles. The van der Waals surface area contributed by atoms with Crippen molar-refractivity contribution in [1.82, 2.24) is 15.3 Å². The SMILES string of the molecule is CCCCCCCCCCNC(C)(C)C(F)(F)F.O=C(O)c1cccc2[nH]ccc12.O=C(O)c1cccc2[nH]ccc12. The molecule has 0 spiro atoms. The fourth-order valence-corrected chi connectivity index (χ4v) is 4.30. The van der Waals surface area contributed by atoms with E-state index in [1.807, 2.05) is 12.1 Å². The molecule has 0 saturated carbocycles. The Bertz CT molecular complexity index is 1310. The number of benzene rings is 2. The highest BCUT2D eigenvalue weighted by Gasteiger charge is 2.46. The summed E-state index contributed by atoms with van der Waals surface area (Å²) >= 11 is 0. The molecular weight excluding hydrogens is 547 g/mol. The van der Waals surface area contributed by atoms with E-state index < -0.39 is 23.7 Å². The number of halogens is 3. The van der Waals surface area contributed by atoms with Crippen molar-refractivity contribution in [3.05, 3.63) is 72.1 Å². The molecule has 2 aromatic carbocycles. The van der Waals surface area contributed by atoms with Crippen LogP contribution >= 0.6 is 0 Å². The normalized spacial score (nSPS) is 11.5. The molecule has 0 fully saturated rings. The number of H-pyrrole nitrogens is 2. The van der Waals surface area contributed by atoms with Gasteiger partial charge in [0.25, 0.3) is 0 Å². The lowest BCUT2D eigenvalue weighted by Gasteiger charge is -2.29. The summed E-state index contributed by atoms with van der Waals surface area (Å²) < 4.78 is 37.6. The number of carbonyl (C=O) groups is 2. The summed E-state index contributed by atoms with van der Waals surface area (Å²) in [6, 6.07) is 13.9. The molecule has 0 aliphatic heterocycles. The first kappa shape index (κ1) is 34.4. The van der Waals surface area contributed by atoms with Crippen molar-refractivity contribution in [2.45, 2.75) is 83.9 Å². The topological polar surface area (TPSA) is 118 Å². The van der Waals surface area contributed by atoms with Gasteiger partial charge < -0.3 is 25.5 Å². The van der Waals surface area contributed by atoms with Crippen molar-refractivity contribution in [2.24, 2.45) is 0 Å². The molecule has 2 heterocycles. The molecular formula is C32H42F3N3O4. The fourth-order valence-electron chi connectivity index (χ4n) is 4.30. The maximum atomic E-state index is 12.5. The van der Waals surface area contributed by atoms with Crippen LogP contribution in [0.15, 0.2) is 60.9 Å². The number of hydrogen-bond acceptors (Lipinski definition) is 3. The van der Waals surface area contributed by atoms with E-state index in [0.29, 0.717) is 17.7 Å². The second kappa shape index (κ2) is 16.6. The number of aromatic amines is 2. The lowest BCUT2D eigenvalue weighted by Crippen LogP contribution is -2.52. The van der Waals surface area contributed by atoms with Crippen LogP contribution in [-0.2, 0) is 0 Å². The summed E-state index contributed by atoms with van der Waals surface area (Å²) in [5.74, 6) is -1.78. The highest BCUT2D eigenvalue weighted by atomic mass is 19.4. The molecule has 0 atom stereocenters. The number of alkyl halides is 3. The molecule has 0 saturated heterocycles. The molecule has 2 aromatic heterocycles. The van der Waals surface area contributed by atoms with Crippen molar-refractivity contribution >= 4 is 33.7 Å². The van der Waals surface area contributed by atoms with Gasteiger partial charge in [0.2, 0.25) is 0 Å². The van der Waals surface area contributed by atoms with Crippen molar-refractivity contribution in [3.63, 3.8) is 0 Å². The van der Waals surface area contributed by atoms with E-state index in [2.05, 4.69) is 22.2 Å². The molecule has 230 valence electrons. The second-order valence-corrected chi connectivity index (χ2v) is 10.6. The number of carboxylic acid groups (broad SMARTS) is 2. The molecule has 0 unspecified atom stereocenters. The predicted molar refractivity (Wildman–Crippen MR) is 161 cm³/mol. The van der Waals surface area contributed by atoms with Crippen LogP contribution in [0.1, 0.15) is 92.9 Å². The van der Waals surface area contributed by atoms with Crippen LogP contribution in [0.2, 0.25) is 0 Å². The third kappa shape index (κ3) is 10.6. The van der Waals surface area contributed by atoms with E-state index in [4.69, 9.17) is 10.2 Å². The summed E-state index contributed by atoms with van der Waals surface area (Å²) in [6.07, 6.45) is 8.57. The predicted octanol–water partition coefficient (Wildman–Crippen LogP) is 8.79. The number of aromatic carboxylic acids is 2. The first-order valence-corrected chi connectivity index (χ1v) is 14.3. The summed E-state index contributed by atoms with van der Waals surface area (Å²) in [5, 5.41) is 21.7. The number of nitrogens with one attached hydrogen (secondary N) is 3. The van der Waals surface area contributed by atoms with E-state index in [1.54, 1.807) is 48.8 Å². The van der Waals surface area contributed by atoms with Gasteiger partial charge >= 0.3 is 18.1 Å². The summed E-state index contributed by atoms with van der Waals surface area (Å²) in [7, 11) is 0. The average molecular weight is 590 g/mol. The van der Waals surface area contributed by atoms with Crippen molar-refractivity contribution in [2.75, 3.05) is 6.54 Å². The largest absolute Gasteiger partial charge is 0.478 e. The number of fused-ring (bicyclic) bond motifs is 2. The van der Waals surface area contributed by atoms with Crippen molar-refractivity contribution in [3.8, 4) is 0 Å². The molecule has 7 nitrogen and oxygen atoms in total. The van der Waals surface area contributed by atoms with Gasteiger partial charge in [-0.3, -0.25) is 0 Å². The number of hydrogen-bond donors (Lipinski definition) is 5. The standard InChI is InChI=1S/C14H28F3N.2C9H7NO2/c1-4-5-6-7-8-9-10-11-12-18-13(2,3)14(15,16)17;2*11-9(12)7-2-1-3-8-6(7)4-5-10-8/h18H,4-12H2,1-3H3;2*1-5,10H,(H,11,12). The zero-order chi connectivity index (χ0) is 31.2. The lowest BCUT2D eigenvalue weighted by molar-refractivity contribution is -0.185. The summed E-state index contributed by atoms with van der Waals surface area (Å²) in [5.41, 5.74) is 0.626. The smallest absolute Gasteiger partial charge is 0.406 e. The van der Waals surface area contributed by atoms with Crippen LogP contribution in [0.5, 0.6) is 0 Å². The minimum absolute atomic E-state index is 0.341. The number of unbranched alkanes of at least 4 members (excludes halogenated alkanes) is 7. The maximum absolute atomic E-state index is 12.5. The highest BCUT2D eigenvalue weighted by molar-refractivity contribution is 6.03. The van der Waals surface area contributed by atoms with Gasteiger partial charge in [-0.25, -0.2) is 9.59 Å². The Hall–Kier alpha value is -3.79. The minimum Gasteiger partial charge on any atom is -0.478 e. The molecule has 10 heteroatoms. The summed E-state index contributed by atoms with van der Waals surface area (Å²) in [4.78, 5) is 27.3. The Morgan fingerprint density at radius 2 is 1.14 bits per heavy atom. The van der Waals surface area contributed by atoms with Gasteiger partial charge in [-0.05, 0) is 63.2 Å². The molecule has 4 rings (SSSR count). The monoisotopic (exact) mass is 589 g/mol. The van der Waals surface area contributed by atoms with Crippen LogP contribution in [0.3, 0.4) is 0 Å². The molecule has 5 N–H and O–H groups in total. The van der Waals surface area contributed by atoms with Crippen LogP contribution in [0, 0.1) is 0 Å². The fraction of sp³-hybridized carbons (Fsp3) is 0.438. The van der Waals surface area contributed by atoms with E-state index >= 15 is 0 Å². The molecule has 0 bridgehead atoms. The summed E-state index contributed by atoms with van der Waals surface area (Å²) in [6.45, 7) is 5.02. The van der Waals surface area contributed by atoms with Crippen molar-refractivity contribution in [1.29, 1.82) is 0 Å². The zero-order valence-electron chi connectivity index (χ0n) is 24.5. The Labute approximate surface area is 244 Å². The molecule has 0 radical (unpaired) electrons. The van der Waals surface area contributed by atoms with Crippen LogP contribution in [0.4, 0.5) is 13.2 Å². The quantitative estimate of drug-likeness (QED) is 0.106. The van der Waals surface area contributed by atoms with E-state index in [0.717, 1.165) is 41.1 Å². The van der Waals surface area contributed by atoms with Crippen LogP contribution < -0.4 is 5.32 Å². The Morgan fingerprint density at radius 3 is 1.55 bits per heavy atom. The van der Waals surface area contributed by atoms with Gasteiger partial charge in [-0.15, -0.1) is 0 Å². The molecule has 0 aliphatic rings. The molecule has 0 amide bonds. The number of aromatic nitrogens is 2. The van der Waals surface area contributed by atoms with E-state index in [1.165, 1.54) is 46.0 Å². The van der Waals surface area contributed by atoms with Crippen LogP contribution in [-0.4, -0.2) is 50.4 Å². The maximum Gasteiger partial charge on any atom is 0.406 e. The molecule has 42 heavy (non-hydrogen) atoms. The van der Waals surface area contributed by atoms with Gasteiger partial charge in [0.1, 0.15) is 5.54 Å². The van der Waals surface area contributed by atoms with Crippen LogP contribution in [0.25, 0.3) is 21.8 Å². The van der Waals surface area contributed by atoms with Gasteiger partial charge in [0.05, 0.1) is 11.1 Å². The Kier molecular flexibility index (Phi) is 13.6. The average Bonchev–Trinajstić information content (AvgIpc) is 3.61. The third-order valence-electron chi connectivity index (χ3n) is 6.96. The van der Waals surface area contributed by atoms with Gasteiger partial charge in [0, 0.05) is 34.2 Å². The Morgan fingerprint density at radius 1 is 0.714 bits per heavy atom. The number of rotatable bonds is 12. The Balaban J connectivity index is 0.000000226. The van der Waals surface area contributed by atoms with Gasteiger partial charge in [0.15, 0.2) is 0 Å². The van der Waals surface area contributed by atoms with Gasteiger partial charge in [-0.1, -0.05) is 64.0 Å².